The molecule has 0 spiro atoms. The molecule has 26 heavy (non-hydrogen) atoms. The Kier molecular flexibility index (Phi) is 5.22. The molecule has 0 saturated carbocycles. The summed E-state index contributed by atoms with van der Waals surface area (Å²) in [5.41, 5.74) is -0.311. The summed E-state index contributed by atoms with van der Waals surface area (Å²) in [6.07, 6.45) is -3.44. The topological polar surface area (TPSA) is 51.9 Å². The normalized spacial score (nSPS) is 18.0. The van der Waals surface area contributed by atoms with Crippen LogP contribution in [0.25, 0.3) is 0 Å². The first-order chi connectivity index (χ1) is 12.3. The Bertz CT molecular complexity index is 772. The lowest BCUT2D eigenvalue weighted by molar-refractivity contribution is -0.137. The van der Waals surface area contributed by atoms with Gasteiger partial charge in [0.25, 0.3) is 5.91 Å². The molecule has 1 atom stereocenters. The zero-order valence-corrected chi connectivity index (χ0v) is 14.1. The summed E-state index contributed by atoms with van der Waals surface area (Å²) in [6.45, 7) is 2.86. The molecule has 140 valence electrons. The van der Waals surface area contributed by atoms with Crippen molar-refractivity contribution < 1.29 is 31.9 Å². The summed E-state index contributed by atoms with van der Waals surface area (Å²) in [5, 5.41) is 0. The number of benzene rings is 1. The molecule has 2 heterocycles. The number of hydrogen-bond donors (Lipinski definition) is 0. The predicted molar refractivity (Wildman–Crippen MR) is 86.0 cm³/mol. The number of hydrogen-bond acceptors (Lipinski definition) is 4. The van der Waals surface area contributed by atoms with Crippen LogP contribution in [0, 0.1) is 6.92 Å². The van der Waals surface area contributed by atoms with Crippen LogP contribution in [0.1, 0.15) is 21.7 Å². The maximum absolute atomic E-state index is 12.7. The van der Waals surface area contributed by atoms with Gasteiger partial charge in [-0.3, -0.25) is 4.79 Å². The molecule has 0 bridgehead atoms. The van der Waals surface area contributed by atoms with Crippen molar-refractivity contribution in [2.75, 3.05) is 26.3 Å². The minimum atomic E-state index is -4.42. The lowest BCUT2D eigenvalue weighted by Gasteiger charge is -2.32. The highest BCUT2D eigenvalue weighted by Crippen LogP contribution is 2.31. The molecule has 0 aliphatic carbocycles. The summed E-state index contributed by atoms with van der Waals surface area (Å²) in [7, 11) is 0. The number of ether oxygens (including phenoxy) is 2. The second-order valence-corrected chi connectivity index (χ2v) is 6.03. The summed E-state index contributed by atoms with van der Waals surface area (Å²) in [6, 6.07) is 6.33. The molecule has 0 radical (unpaired) electrons. The van der Waals surface area contributed by atoms with Crippen LogP contribution in [0.4, 0.5) is 13.2 Å². The first-order valence-electron chi connectivity index (χ1n) is 8.09. The highest BCUT2D eigenvalue weighted by atomic mass is 19.4. The number of nitrogens with zero attached hydrogens (tertiary/aromatic N) is 1. The fourth-order valence-corrected chi connectivity index (χ4v) is 2.69. The molecule has 1 fully saturated rings. The number of carbonyl (C=O) groups is 1. The largest absolute Gasteiger partial charge is 0.491 e. The second-order valence-electron chi connectivity index (χ2n) is 6.03. The summed E-state index contributed by atoms with van der Waals surface area (Å²) < 4.78 is 54.3. The molecule has 8 heteroatoms. The molecule has 0 N–H and O–H groups in total. The number of amides is 1. The molecule has 1 aromatic carbocycles. The minimum Gasteiger partial charge on any atom is -0.491 e. The number of carbonyl (C=O) groups excluding carboxylic acids is 1. The number of rotatable bonds is 4. The number of halogens is 3. The average Bonchev–Trinajstić information content (AvgIpc) is 3.05. The van der Waals surface area contributed by atoms with Gasteiger partial charge in [-0.25, -0.2) is 0 Å². The van der Waals surface area contributed by atoms with E-state index in [1.807, 2.05) is 0 Å². The van der Waals surface area contributed by atoms with Gasteiger partial charge in [-0.1, -0.05) is 6.07 Å². The van der Waals surface area contributed by atoms with Crippen molar-refractivity contribution in [2.24, 2.45) is 0 Å². The zero-order valence-electron chi connectivity index (χ0n) is 14.1. The fourth-order valence-electron chi connectivity index (χ4n) is 2.69. The Morgan fingerprint density at radius 2 is 2.15 bits per heavy atom. The molecule has 1 saturated heterocycles. The molecule has 3 rings (SSSR count). The van der Waals surface area contributed by atoms with Gasteiger partial charge in [0.1, 0.15) is 30.5 Å². The highest BCUT2D eigenvalue weighted by Gasteiger charge is 2.31. The van der Waals surface area contributed by atoms with Gasteiger partial charge >= 0.3 is 6.18 Å². The Hall–Kier alpha value is -2.48. The van der Waals surface area contributed by atoms with Crippen LogP contribution in [0.3, 0.4) is 0 Å². The fraction of sp³-hybridized carbons (Fsp3) is 0.389. The molecule has 2 aromatic rings. The number of furan rings is 1. The second kappa shape index (κ2) is 7.41. The van der Waals surface area contributed by atoms with Crippen LogP contribution in [0.15, 0.2) is 41.0 Å². The van der Waals surface area contributed by atoms with E-state index in [1.54, 1.807) is 17.9 Å². The zero-order chi connectivity index (χ0) is 18.7. The van der Waals surface area contributed by atoms with Gasteiger partial charge < -0.3 is 18.8 Å². The predicted octanol–water partition coefficient (Wildman–Crippen LogP) is 3.53. The first kappa shape index (κ1) is 18.3. The van der Waals surface area contributed by atoms with Crippen molar-refractivity contribution >= 4 is 5.91 Å². The van der Waals surface area contributed by atoms with Crippen LogP contribution in [0.2, 0.25) is 0 Å². The number of alkyl halides is 3. The van der Waals surface area contributed by atoms with Gasteiger partial charge in [0, 0.05) is 6.54 Å². The molecular formula is C18H18F3NO4. The van der Waals surface area contributed by atoms with Crippen LogP contribution in [0.5, 0.6) is 5.75 Å². The van der Waals surface area contributed by atoms with E-state index >= 15 is 0 Å². The third-order valence-electron chi connectivity index (χ3n) is 4.00. The van der Waals surface area contributed by atoms with Crippen molar-refractivity contribution in [1.29, 1.82) is 0 Å². The molecule has 5 nitrogen and oxygen atoms in total. The van der Waals surface area contributed by atoms with E-state index in [9.17, 15) is 18.0 Å². The SMILES string of the molecule is Cc1cc(C(=O)N2CCOC(COc3cccc(C(F)(F)F)c3)C2)co1. The first-order valence-corrected chi connectivity index (χ1v) is 8.09. The van der Waals surface area contributed by atoms with Crippen LogP contribution >= 0.6 is 0 Å². The quantitative estimate of drug-likeness (QED) is 0.827. The maximum Gasteiger partial charge on any atom is 0.416 e. The number of morpholine rings is 1. The van der Waals surface area contributed by atoms with Crippen LogP contribution < -0.4 is 4.74 Å². The van der Waals surface area contributed by atoms with Crippen molar-refractivity contribution in [1.82, 2.24) is 4.90 Å². The van der Waals surface area contributed by atoms with E-state index in [4.69, 9.17) is 13.9 Å². The van der Waals surface area contributed by atoms with Crippen molar-refractivity contribution in [3.63, 3.8) is 0 Å². The van der Waals surface area contributed by atoms with E-state index in [1.165, 1.54) is 18.4 Å². The van der Waals surface area contributed by atoms with Gasteiger partial charge in [-0.05, 0) is 31.2 Å². The van der Waals surface area contributed by atoms with Gasteiger partial charge in [-0.2, -0.15) is 13.2 Å². The van der Waals surface area contributed by atoms with E-state index in [-0.39, 0.29) is 18.3 Å². The number of aryl methyl sites for hydroxylation is 1. The molecule has 1 amide bonds. The van der Waals surface area contributed by atoms with Gasteiger partial charge in [0.2, 0.25) is 0 Å². The van der Waals surface area contributed by atoms with Gasteiger partial charge in [0.05, 0.1) is 24.3 Å². The van der Waals surface area contributed by atoms with Crippen molar-refractivity contribution in [2.45, 2.75) is 19.2 Å². The van der Waals surface area contributed by atoms with E-state index < -0.39 is 17.8 Å². The summed E-state index contributed by atoms with van der Waals surface area (Å²) in [5.74, 6) is 0.581. The Morgan fingerprint density at radius 3 is 2.85 bits per heavy atom. The summed E-state index contributed by atoms with van der Waals surface area (Å²) >= 11 is 0. The minimum absolute atomic E-state index is 0.0511. The standard InChI is InChI=1S/C18H18F3NO4/c1-12-7-13(10-25-12)17(23)22-5-6-24-16(9-22)11-26-15-4-2-3-14(8-15)18(19,20)21/h2-4,7-8,10,16H,5-6,9,11H2,1H3. The van der Waals surface area contributed by atoms with E-state index in [0.717, 1.165) is 12.1 Å². The Labute approximate surface area is 148 Å². The average molecular weight is 369 g/mol. The van der Waals surface area contributed by atoms with Gasteiger partial charge in [0.15, 0.2) is 0 Å². The molecular weight excluding hydrogens is 351 g/mol. The van der Waals surface area contributed by atoms with E-state index in [0.29, 0.717) is 31.0 Å². The molecule has 1 aliphatic rings. The van der Waals surface area contributed by atoms with Crippen LogP contribution in [-0.4, -0.2) is 43.2 Å². The monoisotopic (exact) mass is 369 g/mol. The third-order valence-corrected chi connectivity index (χ3v) is 4.00. The Morgan fingerprint density at radius 1 is 1.35 bits per heavy atom. The lowest BCUT2D eigenvalue weighted by Crippen LogP contribution is -2.47. The molecule has 1 aliphatic heterocycles. The lowest BCUT2D eigenvalue weighted by atomic mass is 10.2. The van der Waals surface area contributed by atoms with Crippen molar-refractivity contribution in [3.05, 3.63) is 53.5 Å². The van der Waals surface area contributed by atoms with Crippen LogP contribution in [-0.2, 0) is 10.9 Å². The molecule has 1 aromatic heterocycles. The summed E-state index contributed by atoms with van der Waals surface area (Å²) in [4.78, 5) is 14.1. The Balaban J connectivity index is 1.58. The highest BCUT2D eigenvalue weighted by molar-refractivity contribution is 5.94. The van der Waals surface area contributed by atoms with Gasteiger partial charge in [-0.15, -0.1) is 0 Å². The van der Waals surface area contributed by atoms with E-state index in [2.05, 4.69) is 0 Å². The third kappa shape index (κ3) is 4.37. The smallest absolute Gasteiger partial charge is 0.416 e. The van der Waals surface area contributed by atoms with Crippen molar-refractivity contribution in [3.8, 4) is 5.75 Å². The maximum atomic E-state index is 12.7. The molecule has 1 unspecified atom stereocenters.